The maximum atomic E-state index is 11.2. The third-order valence-corrected chi connectivity index (χ3v) is 2.66. The normalized spacial score (nSPS) is 38.8. The van der Waals surface area contributed by atoms with Crippen LogP contribution in [0.1, 0.15) is 19.8 Å². The monoisotopic (exact) mass is 185 g/mol. The fraction of sp³-hybridized carbons (Fsp3) is 0.889. The van der Waals surface area contributed by atoms with Gasteiger partial charge in [0.2, 0.25) is 0 Å². The molecule has 2 unspecified atom stereocenters. The SMILES string of the molecule is CN1CCC(CC2(C)CO2)OC1=O. The predicted octanol–water partition coefficient (Wildman–Crippen LogP) is 1.01. The summed E-state index contributed by atoms with van der Waals surface area (Å²) in [5.41, 5.74) is -0.0130. The van der Waals surface area contributed by atoms with Crippen LogP contribution < -0.4 is 0 Å². The van der Waals surface area contributed by atoms with Crippen molar-refractivity contribution >= 4 is 6.09 Å². The van der Waals surface area contributed by atoms with Crippen LogP contribution in [0, 0.1) is 0 Å². The molecule has 2 rings (SSSR count). The van der Waals surface area contributed by atoms with Crippen LogP contribution in [0.15, 0.2) is 0 Å². The number of epoxide rings is 1. The lowest BCUT2D eigenvalue weighted by Crippen LogP contribution is -2.40. The van der Waals surface area contributed by atoms with Crippen LogP contribution in [0.25, 0.3) is 0 Å². The average molecular weight is 185 g/mol. The Kier molecular flexibility index (Phi) is 1.95. The van der Waals surface area contributed by atoms with E-state index in [4.69, 9.17) is 9.47 Å². The van der Waals surface area contributed by atoms with Gasteiger partial charge < -0.3 is 14.4 Å². The number of carbonyl (C=O) groups excluding carboxylic acids is 1. The van der Waals surface area contributed by atoms with Crippen molar-refractivity contribution in [1.82, 2.24) is 4.90 Å². The van der Waals surface area contributed by atoms with E-state index in [1.807, 2.05) is 0 Å². The number of cyclic esters (lactones) is 1. The van der Waals surface area contributed by atoms with Gasteiger partial charge in [-0.2, -0.15) is 0 Å². The van der Waals surface area contributed by atoms with Gasteiger partial charge in [0.25, 0.3) is 0 Å². The zero-order valence-electron chi connectivity index (χ0n) is 8.08. The molecule has 4 heteroatoms. The van der Waals surface area contributed by atoms with Crippen molar-refractivity contribution in [2.45, 2.75) is 31.5 Å². The van der Waals surface area contributed by atoms with E-state index < -0.39 is 0 Å². The van der Waals surface area contributed by atoms with E-state index >= 15 is 0 Å². The minimum Gasteiger partial charge on any atom is -0.446 e. The van der Waals surface area contributed by atoms with E-state index in [2.05, 4.69) is 6.92 Å². The zero-order chi connectivity index (χ0) is 9.47. The topological polar surface area (TPSA) is 42.1 Å². The van der Waals surface area contributed by atoms with Gasteiger partial charge in [0.15, 0.2) is 0 Å². The van der Waals surface area contributed by atoms with E-state index in [0.29, 0.717) is 0 Å². The largest absolute Gasteiger partial charge is 0.446 e. The summed E-state index contributed by atoms with van der Waals surface area (Å²) in [6, 6.07) is 0. The van der Waals surface area contributed by atoms with Crippen molar-refractivity contribution in [3.05, 3.63) is 0 Å². The van der Waals surface area contributed by atoms with Crippen LogP contribution in [0.4, 0.5) is 4.79 Å². The summed E-state index contributed by atoms with van der Waals surface area (Å²) in [7, 11) is 1.76. The molecule has 0 N–H and O–H groups in total. The molecular weight excluding hydrogens is 170 g/mol. The summed E-state index contributed by atoms with van der Waals surface area (Å²) >= 11 is 0. The molecule has 0 radical (unpaired) electrons. The van der Waals surface area contributed by atoms with Gasteiger partial charge in [0, 0.05) is 26.4 Å². The minimum atomic E-state index is -0.208. The van der Waals surface area contributed by atoms with Gasteiger partial charge in [-0.3, -0.25) is 0 Å². The Balaban J connectivity index is 1.85. The number of nitrogens with zero attached hydrogens (tertiary/aromatic N) is 1. The van der Waals surface area contributed by atoms with Crippen molar-refractivity contribution in [3.8, 4) is 0 Å². The second kappa shape index (κ2) is 2.87. The molecular formula is C9H15NO3. The van der Waals surface area contributed by atoms with Crippen molar-refractivity contribution in [2.24, 2.45) is 0 Å². The lowest BCUT2D eigenvalue weighted by molar-refractivity contribution is 0.0195. The molecule has 0 aliphatic carbocycles. The van der Waals surface area contributed by atoms with E-state index in [1.54, 1.807) is 11.9 Å². The predicted molar refractivity (Wildman–Crippen MR) is 46.5 cm³/mol. The first-order valence-electron chi connectivity index (χ1n) is 4.65. The maximum absolute atomic E-state index is 11.2. The van der Waals surface area contributed by atoms with E-state index in [-0.39, 0.29) is 17.8 Å². The smallest absolute Gasteiger partial charge is 0.409 e. The molecule has 13 heavy (non-hydrogen) atoms. The molecule has 4 nitrogen and oxygen atoms in total. The molecule has 2 saturated heterocycles. The molecule has 0 spiro atoms. The molecule has 2 heterocycles. The van der Waals surface area contributed by atoms with Crippen molar-refractivity contribution in [1.29, 1.82) is 0 Å². The highest BCUT2D eigenvalue weighted by Crippen LogP contribution is 2.33. The Morgan fingerprint density at radius 1 is 1.69 bits per heavy atom. The summed E-state index contributed by atoms with van der Waals surface area (Å²) in [4.78, 5) is 12.8. The fourth-order valence-corrected chi connectivity index (χ4v) is 1.59. The Labute approximate surface area is 77.8 Å². The molecule has 0 saturated carbocycles. The van der Waals surface area contributed by atoms with Gasteiger partial charge in [-0.05, 0) is 6.92 Å². The summed E-state index contributed by atoms with van der Waals surface area (Å²) < 4.78 is 10.5. The Morgan fingerprint density at radius 3 is 2.92 bits per heavy atom. The highest BCUT2D eigenvalue weighted by molar-refractivity contribution is 5.68. The first kappa shape index (κ1) is 8.81. The van der Waals surface area contributed by atoms with E-state index in [9.17, 15) is 4.79 Å². The first-order chi connectivity index (χ1) is 6.09. The summed E-state index contributed by atoms with van der Waals surface area (Å²) in [6.45, 7) is 3.65. The van der Waals surface area contributed by atoms with Crippen molar-refractivity contribution < 1.29 is 14.3 Å². The summed E-state index contributed by atoms with van der Waals surface area (Å²) in [6.07, 6.45) is 1.60. The van der Waals surface area contributed by atoms with Gasteiger partial charge in [0.1, 0.15) is 6.10 Å². The minimum absolute atomic E-state index is 0.0130. The van der Waals surface area contributed by atoms with E-state index in [1.165, 1.54) is 0 Å². The second-order valence-corrected chi connectivity index (χ2v) is 4.16. The third kappa shape index (κ3) is 1.94. The number of carbonyl (C=O) groups is 1. The quantitative estimate of drug-likeness (QED) is 0.603. The third-order valence-electron chi connectivity index (χ3n) is 2.66. The number of rotatable bonds is 2. The molecule has 2 fully saturated rings. The molecule has 74 valence electrons. The number of ether oxygens (including phenoxy) is 2. The van der Waals surface area contributed by atoms with Crippen LogP contribution in [-0.2, 0) is 9.47 Å². The molecule has 2 atom stereocenters. The van der Waals surface area contributed by atoms with Gasteiger partial charge >= 0.3 is 6.09 Å². The standard InChI is InChI=1S/C9H15NO3/c1-9(6-12-9)5-7-3-4-10(2)8(11)13-7/h7H,3-6H2,1-2H3. The molecule has 2 aliphatic heterocycles. The average Bonchev–Trinajstić information content (AvgIpc) is 2.76. The van der Waals surface area contributed by atoms with Crippen LogP contribution in [-0.4, -0.2) is 42.9 Å². The summed E-state index contributed by atoms with van der Waals surface area (Å²) in [5.74, 6) is 0. The number of hydrogen-bond acceptors (Lipinski definition) is 3. The Bertz CT molecular complexity index is 225. The summed E-state index contributed by atoms with van der Waals surface area (Å²) in [5, 5.41) is 0. The first-order valence-corrected chi connectivity index (χ1v) is 4.65. The lowest BCUT2D eigenvalue weighted by atomic mass is 10.0. The lowest BCUT2D eigenvalue weighted by Gasteiger charge is -2.29. The zero-order valence-corrected chi connectivity index (χ0v) is 8.08. The number of amides is 1. The van der Waals surface area contributed by atoms with Gasteiger partial charge in [0.05, 0.1) is 12.2 Å². The number of hydrogen-bond donors (Lipinski definition) is 0. The van der Waals surface area contributed by atoms with Crippen LogP contribution >= 0.6 is 0 Å². The molecule has 0 aromatic carbocycles. The van der Waals surface area contributed by atoms with Gasteiger partial charge in [-0.1, -0.05) is 0 Å². The van der Waals surface area contributed by atoms with Crippen molar-refractivity contribution in [2.75, 3.05) is 20.2 Å². The molecule has 0 aromatic heterocycles. The molecule has 0 aromatic rings. The van der Waals surface area contributed by atoms with Crippen LogP contribution in [0.2, 0.25) is 0 Å². The van der Waals surface area contributed by atoms with Crippen LogP contribution in [0.3, 0.4) is 0 Å². The highest BCUT2D eigenvalue weighted by atomic mass is 16.6. The van der Waals surface area contributed by atoms with Crippen molar-refractivity contribution in [3.63, 3.8) is 0 Å². The van der Waals surface area contributed by atoms with Gasteiger partial charge in [-0.15, -0.1) is 0 Å². The fourth-order valence-electron chi connectivity index (χ4n) is 1.59. The molecule has 0 bridgehead atoms. The van der Waals surface area contributed by atoms with Gasteiger partial charge in [-0.25, -0.2) is 4.79 Å². The molecule has 1 amide bonds. The Hall–Kier alpha value is -0.770. The van der Waals surface area contributed by atoms with Crippen LogP contribution in [0.5, 0.6) is 0 Å². The second-order valence-electron chi connectivity index (χ2n) is 4.16. The molecule has 2 aliphatic rings. The highest BCUT2D eigenvalue weighted by Gasteiger charge is 2.43. The maximum Gasteiger partial charge on any atom is 0.409 e. The Morgan fingerprint density at radius 2 is 2.38 bits per heavy atom. The van der Waals surface area contributed by atoms with E-state index in [0.717, 1.165) is 26.0 Å².